The van der Waals surface area contributed by atoms with E-state index >= 15 is 0 Å². The van der Waals surface area contributed by atoms with Crippen molar-refractivity contribution in [3.05, 3.63) is 67.0 Å². The van der Waals surface area contributed by atoms with Crippen LogP contribution >= 0.6 is 0 Å². The second-order valence-corrected chi connectivity index (χ2v) is 2.73. The van der Waals surface area contributed by atoms with Gasteiger partial charge in [0.25, 0.3) is 0 Å². The average molecular weight is 154 g/mol. The van der Waals surface area contributed by atoms with Crippen molar-refractivity contribution < 1.29 is 0 Å². The predicted molar refractivity (Wildman–Crippen MR) is 52.2 cm³/mol. The first-order chi connectivity index (χ1) is 5.97. The van der Waals surface area contributed by atoms with Gasteiger partial charge in [-0.15, -0.1) is 0 Å². The molecular formula is C12H10+2. The topological polar surface area (TPSA) is 0 Å². The Hall–Kier alpha value is -1.56. The van der Waals surface area contributed by atoms with Gasteiger partial charge in [0.1, 0.15) is 36.6 Å². The van der Waals surface area contributed by atoms with E-state index in [0.29, 0.717) is 0 Å². The van der Waals surface area contributed by atoms with E-state index in [9.17, 15) is 0 Å². The van der Waals surface area contributed by atoms with E-state index in [2.05, 4.69) is 49.3 Å². The molecule has 0 saturated carbocycles. The molecule has 0 heteroatoms. The number of hydrogen-bond donors (Lipinski definition) is 0. The zero-order valence-corrected chi connectivity index (χ0v) is 6.77. The molecule has 0 heterocycles. The maximum absolute atomic E-state index is 2.12. The minimum absolute atomic E-state index is 1.28. The molecule has 0 radical (unpaired) electrons. The smallest absolute Gasteiger partial charge is 0.0604 e. The number of hydrogen-bond acceptors (Lipinski definition) is 0. The van der Waals surface area contributed by atoms with Gasteiger partial charge in [0.15, 0.2) is 0 Å². The molecule has 0 aliphatic heterocycles. The molecule has 0 unspecified atom stereocenters. The Balaban J connectivity index is 2.26. The number of allylic oxidation sites excluding steroid dienone is 4. The Morgan fingerprint density at radius 1 is 0.917 bits per heavy atom. The zero-order chi connectivity index (χ0) is 8.23. The summed E-state index contributed by atoms with van der Waals surface area (Å²) < 4.78 is 0. The summed E-state index contributed by atoms with van der Waals surface area (Å²) in [7, 11) is 0. The maximum Gasteiger partial charge on any atom is 0.204 e. The fraction of sp³-hybridized carbons (Fsp3) is 0. The molecule has 0 atom stereocenters. The van der Waals surface area contributed by atoms with E-state index in [-0.39, 0.29) is 0 Å². The molecule has 0 nitrogen and oxygen atoms in total. The maximum atomic E-state index is 2.12. The first-order valence-corrected chi connectivity index (χ1v) is 4.07. The lowest BCUT2D eigenvalue weighted by Gasteiger charge is -1.91. The Labute approximate surface area is 73.2 Å². The highest BCUT2D eigenvalue weighted by Gasteiger charge is 2.17. The highest BCUT2D eigenvalue weighted by Crippen LogP contribution is 2.20. The number of rotatable bonds is 1. The summed E-state index contributed by atoms with van der Waals surface area (Å²) in [6, 6.07) is 10.4. The van der Waals surface area contributed by atoms with Gasteiger partial charge in [0, 0.05) is 12.1 Å². The van der Waals surface area contributed by atoms with Crippen LogP contribution in [0.4, 0.5) is 0 Å². The van der Waals surface area contributed by atoms with E-state index in [4.69, 9.17) is 0 Å². The zero-order valence-electron chi connectivity index (χ0n) is 6.77. The largest absolute Gasteiger partial charge is 0.204 e. The van der Waals surface area contributed by atoms with Gasteiger partial charge in [-0.2, -0.15) is 0 Å². The van der Waals surface area contributed by atoms with Gasteiger partial charge >= 0.3 is 0 Å². The molecule has 0 saturated heterocycles. The van der Waals surface area contributed by atoms with Gasteiger partial charge in [-0.25, -0.2) is 0 Å². The van der Waals surface area contributed by atoms with Crippen molar-refractivity contribution in [1.29, 1.82) is 0 Å². The lowest BCUT2D eigenvalue weighted by atomic mass is 9.98. The summed E-state index contributed by atoms with van der Waals surface area (Å²) in [6.07, 6.45) is 10.4. The van der Waals surface area contributed by atoms with E-state index in [1.54, 1.807) is 0 Å². The molecule has 2 rings (SSSR count). The van der Waals surface area contributed by atoms with Gasteiger partial charge < -0.3 is 0 Å². The molecule has 1 aromatic rings. The van der Waals surface area contributed by atoms with Crippen molar-refractivity contribution in [3.63, 3.8) is 0 Å². The van der Waals surface area contributed by atoms with Crippen LogP contribution in [0.25, 0.3) is 5.57 Å². The monoisotopic (exact) mass is 154 g/mol. The van der Waals surface area contributed by atoms with Crippen LogP contribution in [0.15, 0.2) is 48.6 Å². The van der Waals surface area contributed by atoms with Gasteiger partial charge in [0.05, 0.1) is 0 Å². The highest BCUT2D eigenvalue weighted by molar-refractivity contribution is 5.76. The molecule has 56 valence electrons. The lowest BCUT2D eigenvalue weighted by Crippen LogP contribution is -1.87. The molecule has 0 N–H and O–H groups in total. The highest BCUT2D eigenvalue weighted by atomic mass is 14.0. The minimum Gasteiger partial charge on any atom is -0.0604 e. The predicted octanol–water partition coefficient (Wildman–Crippen LogP) is 3.05. The van der Waals surface area contributed by atoms with Gasteiger partial charge in [-0.05, 0) is 0 Å². The Morgan fingerprint density at radius 3 is 2.42 bits per heavy atom. The summed E-state index contributed by atoms with van der Waals surface area (Å²) >= 11 is 0. The molecule has 1 aliphatic rings. The third-order valence-electron chi connectivity index (χ3n) is 1.88. The molecule has 0 fully saturated rings. The van der Waals surface area contributed by atoms with Crippen molar-refractivity contribution in [2.45, 2.75) is 0 Å². The normalized spacial score (nSPS) is 14.5. The van der Waals surface area contributed by atoms with Crippen LogP contribution < -0.4 is 0 Å². The molecule has 0 aromatic heterocycles. The molecule has 1 aromatic carbocycles. The van der Waals surface area contributed by atoms with Crippen LogP contribution in [0.5, 0.6) is 0 Å². The first-order valence-electron chi connectivity index (χ1n) is 4.07. The third kappa shape index (κ3) is 1.37. The van der Waals surface area contributed by atoms with Gasteiger partial charge in [-0.1, -0.05) is 18.2 Å². The summed E-state index contributed by atoms with van der Waals surface area (Å²) in [5.41, 5.74) is 2.55. The Kier molecular flexibility index (Phi) is 1.91. The van der Waals surface area contributed by atoms with Crippen molar-refractivity contribution >= 4 is 5.57 Å². The van der Waals surface area contributed by atoms with Gasteiger partial charge in [0.2, 0.25) is 5.57 Å². The van der Waals surface area contributed by atoms with Crippen LogP contribution in [-0.2, 0) is 0 Å². The fourth-order valence-corrected chi connectivity index (χ4v) is 1.26. The second-order valence-electron chi connectivity index (χ2n) is 2.73. The Bertz CT molecular complexity index is 304. The van der Waals surface area contributed by atoms with Gasteiger partial charge in [-0.3, -0.25) is 0 Å². The van der Waals surface area contributed by atoms with E-state index in [1.165, 1.54) is 11.1 Å². The van der Waals surface area contributed by atoms with Crippen LogP contribution in [0, 0.1) is 12.8 Å². The summed E-state index contributed by atoms with van der Waals surface area (Å²) in [5, 5.41) is 0. The summed E-state index contributed by atoms with van der Waals surface area (Å²) in [6.45, 7) is 0. The lowest BCUT2D eigenvalue weighted by molar-refractivity contribution is 1.53. The summed E-state index contributed by atoms with van der Waals surface area (Å²) in [4.78, 5) is 0. The van der Waals surface area contributed by atoms with Crippen molar-refractivity contribution in [1.82, 2.24) is 0 Å². The van der Waals surface area contributed by atoms with Crippen molar-refractivity contribution in [2.24, 2.45) is 0 Å². The second kappa shape index (κ2) is 3.22. The van der Waals surface area contributed by atoms with Crippen molar-refractivity contribution in [2.75, 3.05) is 0 Å². The fourth-order valence-electron chi connectivity index (χ4n) is 1.26. The first kappa shape index (κ1) is 7.11. The minimum atomic E-state index is 1.28. The van der Waals surface area contributed by atoms with Crippen LogP contribution in [0.2, 0.25) is 0 Å². The number of benzene rings is 1. The van der Waals surface area contributed by atoms with E-state index in [0.717, 1.165) is 0 Å². The standard InChI is InChI=1S/C12H10/c1-3-7-11(8-4-1)12-9-5-2-6-10-12/h1-10H/q+2. The quantitative estimate of drug-likeness (QED) is 0.545. The molecular weight excluding hydrogens is 144 g/mol. The molecule has 0 amide bonds. The van der Waals surface area contributed by atoms with Crippen LogP contribution in [-0.4, -0.2) is 0 Å². The molecule has 0 bridgehead atoms. The Morgan fingerprint density at radius 2 is 1.75 bits per heavy atom. The van der Waals surface area contributed by atoms with E-state index < -0.39 is 0 Å². The van der Waals surface area contributed by atoms with Crippen molar-refractivity contribution in [3.8, 4) is 0 Å². The summed E-state index contributed by atoms with van der Waals surface area (Å²) in [5.74, 6) is 0. The average Bonchev–Trinajstić information content (AvgIpc) is 2.21. The van der Waals surface area contributed by atoms with E-state index in [1.807, 2.05) is 12.1 Å². The SMILES string of the molecule is C1=C[CH+]C(c2ccccc2)=C[CH+]1. The molecule has 0 spiro atoms. The van der Waals surface area contributed by atoms with Crippen LogP contribution in [0.3, 0.4) is 0 Å². The molecule has 1 aliphatic carbocycles. The molecule has 12 heavy (non-hydrogen) atoms. The van der Waals surface area contributed by atoms with Crippen LogP contribution in [0.1, 0.15) is 5.56 Å². The third-order valence-corrected chi connectivity index (χ3v) is 1.88.